The lowest BCUT2D eigenvalue weighted by Gasteiger charge is -2.30. The molecule has 1 aromatic heterocycles. The average Bonchev–Trinajstić information content (AvgIpc) is 2.61. The first kappa shape index (κ1) is 9.37. The van der Waals surface area contributed by atoms with E-state index in [1.54, 1.807) is 0 Å². The highest BCUT2D eigenvalue weighted by Crippen LogP contribution is 2.53. The van der Waals surface area contributed by atoms with E-state index in [0.29, 0.717) is 5.92 Å². The van der Waals surface area contributed by atoms with Gasteiger partial charge >= 0.3 is 0 Å². The van der Waals surface area contributed by atoms with Crippen LogP contribution in [-0.4, -0.2) is 10.1 Å². The molecule has 2 aliphatic carbocycles. The molecule has 84 valence electrons. The molecule has 0 amide bonds. The first-order chi connectivity index (χ1) is 8.29. The van der Waals surface area contributed by atoms with Gasteiger partial charge in [-0.25, -0.2) is 0 Å². The highest BCUT2D eigenvalue weighted by atomic mass is 16.3. The Balaban J connectivity index is 2.05. The van der Waals surface area contributed by atoms with Crippen molar-refractivity contribution < 1.29 is 5.11 Å². The zero-order chi connectivity index (χ0) is 11.5. The number of pyridine rings is 1. The maximum atomic E-state index is 11.0. The number of benzene rings is 1. The molecule has 2 heteroatoms. The van der Waals surface area contributed by atoms with Crippen LogP contribution in [0.2, 0.25) is 0 Å². The SMILES string of the molecule is OC12CC(Cc3ncccc31)c1ccccc12. The van der Waals surface area contributed by atoms with Crippen LogP contribution in [0.25, 0.3) is 0 Å². The fraction of sp³-hybridized carbons (Fsp3) is 0.267. The summed E-state index contributed by atoms with van der Waals surface area (Å²) < 4.78 is 0. The van der Waals surface area contributed by atoms with Crippen molar-refractivity contribution in [3.8, 4) is 0 Å². The monoisotopic (exact) mass is 223 g/mol. The molecule has 4 rings (SSSR count). The van der Waals surface area contributed by atoms with Crippen molar-refractivity contribution in [3.63, 3.8) is 0 Å². The summed E-state index contributed by atoms with van der Waals surface area (Å²) in [6.45, 7) is 0. The van der Waals surface area contributed by atoms with E-state index in [4.69, 9.17) is 0 Å². The molecule has 0 fully saturated rings. The fourth-order valence-corrected chi connectivity index (χ4v) is 3.45. The summed E-state index contributed by atoms with van der Waals surface area (Å²) in [4.78, 5) is 4.43. The molecule has 1 aromatic carbocycles. The molecule has 0 radical (unpaired) electrons. The maximum absolute atomic E-state index is 11.0. The van der Waals surface area contributed by atoms with Gasteiger partial charge in [-0.3, -0.25) is 4.98 Å². The summed E-state index contributed by atoms with van der Waals surface area (Å²) in [7, 11) is 0. The molecule has 2 aromatic rings. The Morgan fingerprint density at radius 3 is 2.88 bits per heavy atom. The van der Waals surface area contributed by atoms with E-state index >= 15 is 0 Å². The van der Waals surface area contributed by atoms with Crippen LogP contribution in [0.5, 0.6) is 0 Å². The second kappa shape index (κ2) is 2.96. The van der Waals surface area contributed by atoms with E-state index in [1.807, 2.05) is 24.4 Å². The second-order valence-electron chi connectivity index (χ2n) is 5.05. The molecule has 2 atom stereocenters. The van der Waals surface area contributed by atoms with Crippen molar-refractivity contribution in [1.82, 2.24) is 4.98 Å². The number of hydrogen-bond donors (Lipinski definition) is 1. The molecule has 2 unspecified atom stereocenters. The minimum atomic E-state index is -0.802. The van der Waals surface area contributed by atoms with Crippen LogP contribution in [0, 0.1) is 0 Å². The van der Waals surface area contributed by atoms with Crippen molar-refractivity contribution in [2.45, 2.75) is 24.4 Å². The predicted molar refractivity (Wildman–Crippen MR) is 64.7 cm³/mol. The van der Waals surface area contributed by atoms with Crippen molar-refractivity contribution in [1.29, 1.82) is 0 Å². The van der Waals surface area contributed by atoms with Gasteiger partial charge in [-0.05, 0) is 36.0 Å². The van der Waals surface area contributed by atoms with E-state index in [9.17, 15) is 5.11 Å². The van der Waals surface area contributed by atoms with Crippen molar-refractivity contribution in [3.05, 3.63) is 65.0 Å². The van der Waals surface area contributed by atoms with E-state index in [2.05, 4.69) is 23.2 Å². The van der Waals surface area contributed by atoms with Gasteiger partial charge in [0.25, 0.3) is 0 Å². The van der Waals surface area contributed by atoms with Gasteiger partial charge in [0.15, 0.2) is 0 Å². The number of aromatic nitrogens is 1. The second-order valence-corrected chi connectivity index (χ2v) is 5.05. The van der Waals surface area contributed by atoms with Crippen LogP contribution in [-0.2, 0) is 12.0 Å². The molecule has 2 bridgehead atoms. The fourth-order valence-electron chi connectivity index (χ4n) is 3.45. The Kier molecular flexibility index (Phi) is 1.63. The topological polar surface area (TPSA) is 33.1 Å². The normalized spacial score (nSPS) is 28.6. The third-order valence-corrected chi connectivity index (χ3v) is 4.16. The summed E-state index contributed by atoms with van der Waals surface area (Å²) in [5.41, 5.74) is 3.64. The van der Waals surface area contributed by atoms with Crippen LogP contribution >= 0.6 is 0 Å². The molecule has 17 heavy (non-hydrogen) atoms. The van der Waals surface area contributed by atoms with Gasteiger partial charge in [-0.1, -0.05) is 30.3 Å². The lowest BCUT2D eigenvalue weighted by atomic mass is 9.80. The summed E-state index contributed by atoms with van der Waals surface area (Å²) in [6, 6.07) is 12.2. The molecule has 0 aliphatic heterocycles. The Labute approximate surface area is 100.0 Å². The number of rotatable bonds is 0. The summed E-state index contributed by atoms with van der Waals surface area (Å²) in [6.07, 6.45) is 3.58. The van der Waals surface area contributed by atoms with E-state index in [-0.39, 0.29) is 0 Å². The number of nitrogens with zero attached hydrogens (tertiary/aromatic N) is 1. The quantitative estimate of drug-likeness (QED) is 0.743. The average molecular weight is 223 g/mol. The van der Waals surface area contributed by atoms with Crippen LogP contribution in [0.1, 0.15) is 34.7 Å². The molecule has 0 spiro atoms. The molecule has 0 saturated carbocycles. The molecule has 2 nitrogen and oxygen atoms in total. The molecule has 0 saturated heterocycles. The Hall–Kier alpha value is -1.67. The van der Waals surface area contributed by atoms with Crippen LogP contribution in [0.4, 0.5) is 0 Å². The summed E-state index contributed by atoms with van der Waals surface area (Å²) >= 11 is 0. The standard InChI is InChI=1S/C15H13NO/c17-15-9-10(11-4-1-2-5-12(11)15)8-14-13(15)6-3-7-16-14/h1-7,10,17H,8-9H2. The van der Waals surface area contributed by atoms with Crippen LogP contribution in [0.15, 0.2) is 42.6 Å². The zero-order valence-electron chi connectivity index (χ0n) is 9.43. The molecular weight excluding hydrogens is 210 g/mol. The van der Waals surface area contributed by atoms with Crippen molar-refractivity contribution in [2.75, 3.05) is 0 Å². The van der Waals surface area contributed by atoms with Gasteiger partial charge in [0.1, 0.15) is 5.60 Å². The summed E-state index contributed by atoms with van der Waals surface area (Å²) in [5.74, 6) is 0.429. The predicted octanol–water partition coefficient (Wildman–Crippen LogP) is 2.36. The molecule has 1 N–H and O–H groups in total. The van der Waals surface area contributed by atoms with Gasteiger partial charge in [0.2, 0.25) is 0 Å². The van der Waals surface area contributed by atoms with Crippen LogP contribution < -0.4 is 0 Å². The van der Waals surface area contributed by atoms with Gasteiger partial charge in [-0.2, -0.15) is 0 Å². The number of aliphatic hydroxyl groups is 1. The largest absolute Gasteiger partial charge is 0.380 e. The van der Waals surface area contributed by atoms with Gasteiger partial charge in [0.05, 0.1) is 0 Å². The number of hydrogen-bond acceptors (Lipinski definition) is 2. The first-order valence-corrected chi connectivity index (χ1v) is 6.05. The van der Waals surface area contributed by atoms with Gasteiger partial charge in [-0.15, -0.1) is 0 Å². The highest BCUT2D eigenvalue weighted by Gasteiger charge is 2.48. The van der Waals surface area contributed by atoms with E-state index < -0.39 is 5.60 Å². The highest BCUT2D eigenvalue weighted by molar-refractivity contribution is 5.52. The number of fused-ring (bicyclic) bond motifs is 7. The van der Waals surface area contributed by atoms with E-state index in [1.165, 1.54) is 5.56 Å². The van der Waals surface area contributed by atoms with Gasteiger partial charge < -0.3 is 5.11 Å². The minimum absolute atomic E-state index is 0.429. The van der Waals surface area contributed by atoms with Crippen molar-refractivity contribution in [2.24, 2.45) is 0 Å². The van der Waals surface area contributed by atoms with E-state index in [0.717, 1.165) is 29.7 Å². The Morgan fingerprint density at radius 2 is 1.94 bits per heavy atom. The smallest absolute Gasteiger partial charge is 0.117 e. The zero-order valence-corrected chi connectivity index (χ0v) is 9.43. The molecular formula is C15H13NO. The third-order valence-electron chi connectivity index (χ3n) is 4.16. The third kappa shape index (κ3) is 1.06. The van der Waals surface area contributed by atoms with Crippen molar-refractivity contribution >= 4 is 0 Å². The lowest BCUT2D eigenvalue weighted by molar-refractivity contribution is 0.0692. The molecule has 2 aliphatic rings. The molecule has 1 heterocycles. The summed E-state index contributed by atoms with van der Waals surface area (Å²) in [5, 5.41) is 11.0. The van der Waals surface area contributed by atoms with Gasteiger partial charge in [0, 0.05) is 17.5 Å². The lowest BCUT2D eigenvalue weighted by Crippen LogP contribution is -2.29. The Bertz CT molecular complexity index is 594. The first-order valence-electron chi connectivity index (χ1n) is 6.05. The minimum Gasteiger partial charge on any atom is -0.380 e. The Morgan fingerprint density at radius 1 is 1.12 bits per heavy atom. The van der Waals surface area contributed by atoms with Crippen LogP contribution in [0.3, 0.4) is 0 Å². The maximum Gasteiger partial charge on any atom is 0.117 e.